The largest absolute Gasteiger partial charge is 0.349 e. The van der Waals surface area contributed by atoms with E-state index in [0.29, 0.717) is 5.92 Å². The normalized spacial score (nSPS) is 10.8. The molecule has 3 nitrogen and oxygen atoms in total. The van der Waals surface area contributed by atoms with Gasteiger partial charge in [-0.15, -0.1) is 0 Å². The van der Waals surface area contributed by atoms with Crippen molar-refractivity contribution in [3.63, 3.8) is 0 Å². The number of aromatic amines is 1. The second-order valence-corrected chi connectivity index (χ2v) is 3.71. The summed E-state index contributed by atoms with van der Waals surface area (Å²) in [5, 5.41) is 0. The SMILES string of the molecule is CC(C)Cc1c[nH]c(N(C)C)n1. The first kappa shape index (κ1) is 9.10. The van der Waals surface area contributed by atoms with Crippen LogP contribution in [0.3, 0.4) is 0 Å². The van der Waals surface area contributed by atoms with Crippen LogP contribution in [0.5, 0.6) is 0 Å². The van der Waals surface area contributed by atoms with Gasteiger partial charge in [-0.1, -0.05) is 13.8 Å². The van der Waals surface area contributed by atoms with Gasteiger partial charge in [0, 0.05) is 20.3 Å². The lowest BCUT2D eigenvalue weighted by Gasteiger charge is -2.06. The Hall–Kier alpha value is -0.990. The number of nitrogens with zero attached hydrogens (tertiary/aromatic N) is 2. The molecule has 0 aromatic carbocycles. The molecule has 3 heteroatoms. The van der Waals surface area contributed by atoms with Crippen molar-refractivity contribution >= 4 is 5.95 Å². The maximum Gasteiger partial charge on any atom is 0.202 e. The molecule has 1 aromatic rings. The minimum absolute atomic E-state index is 0.670. The molecular formula is C9H17N3. The Labute approximate surface area is 73.8 Å². The zero-order chi connectivity index (χ0) is 9.14. The Bertz CT molecular complexity index is 238. The van der Waals surface area contributed by atoms with Crippen LogP contribution in [0.2, 0.25) is 0 Å². The van der Waals surface area contributed by atoms with E-state index in [1.807, 2.05) is 25.2 Å². The molecule has 0 spiro atoms. The van der Waals surface area contributed by atoms with Gasteiger partial charge < -0.3 is 9.88 Å². The summed E-state index contributed by atoms with van der Waals surface area (Å²) in [5.41, 5.74) is 1.15. The fraction of sp³-hybridized carbons (Fsp3) is 0.667. The number of imidazole rings is 1. The molecule has 0 unspecified atom stereocenters. The molecule has 1 heterocycles. The first-order chi connectivity index (χ1) is 5.59. The number of H-pyrrole nitrogens is 1. The lowest BCUT2D eigenvalue weighted by atomic mass is 10.1. The van der Waals surface area contributed by atoms with Crippen LogP contribution in [0.15, 0.2) is 6.20 Å². The highest BCUT2D eigenvalue weighted by Crippen LogP contribution is 2.09. The van der Waals surface area contributed by atoms with E-state index < -0.39 is 0 Å². The molecular weight excluding hydrogens is 150 g/mol. The molecule has 0 bridgehead atoms. The first-order valence-corrected chi connectivity index (χ1v) is 4.31. The van der Waals surface area contributed by atoms with E-state index in [4.69, 9.17) is 0 Å². The van der Waals surface area contributed by atoms with Crippen LogP contribution in [0.1, 0.15) is 19.5 Å². The minimum atomic E-state index is 0.670. The van der Waals surface area contributed by atoms with Gasteiger partial charge in [-0.3, -0.25) is 0 Å². The molecule has 1 rings (SSSR count). The average molecular weight is 167 g/mol. The van der Waals surface area contributed by atoms with Crippen molar-refractivity contribution in [3.05, 3.63) is 11.9 Å². The predicted octanol–water partition coefficient (Wildman–Crippen LogP) is 1.67. The zero-order valence-corrected chi connectivity index (χ0v) is 8.26. The van der Waals surface area contributed by atoms with E-state index in [2.05, 4.69) is 23.8 Å². The topological polar surface area (TPSA) is 31.9 Å². The number of nitrogens with one attached hydrogen (secondary N) is 1. The van der Waals surface area contributed by atoms with Gasteiger partial charge in [-0.25, -0.2) is 4.98 Å². The lowest BCUT2D eigenvalue weighted by molar-refractivity contribution is 0.637. The van der Waals surface area contributed by atoms with Crippen molar-refractivity contribution in [2.24, 2.45) is 5.92 Å². The van der Waals surface area contributed by atoms with Gasteiger partial charge in [-0.05, 0) is 12.3 Å². The van der Waals surface area contributed by atoms with E-state index in [9.17, 15) is 0 Å². The van der Waals surface area contributed by atoms with Gasteiger partial charge in [0.05, 0.1) is 5.69 Å². The molecule has 1 N–H and O–H groups in total. The van der Waals surface area contributed by atoms with Gasteiger partial charge in [0.15, 0.2) is 0 Å². The number of hydrogen-bond donors (Lipinski definition) is 1. The van der Waals surface area contributed by atoms with Crippen molar-refractivity contribution in [2.45, 2.75) is 20.3 Å². The van der Waals surface area contributed by atoms with Crippen molar-refractivity contribution in [1.29, 1.82) is 0 Å². The summed E-state index contributed by atoms with van der Waals surface area (Å²) < 4.78 is 0. The minimum Gasteiger partial charge on any atom is -0.349 e. The summed E-state index contributed by atoms with van der Waals surface area (Å²) >= 11 is 0. The summed E-state index contributed by atoms with van der Waals surface area (Å²) in [4.78, 5) is 9.52. The molecule has 0 aliphatic rings. The van der Waals surface area contributed by atoms with Crippen LogP contribution in [-0.2, 0) is 6.42 Å². The summed E-state index contributed by atoms with van der Waals surface area (Å²) in [7, 11) is 3.97. The van der Waals surface area contributed by atoms with Crippen molar-refractivity contribution in [1.82, 2.24) is 9.97 Å². The van der Waals surface area contributed by atoms with Crippen LogP contribution in [0, 0.1) is 5.92 Å². The van der Waals surface area contributed by atoms with Gasteiger partial charge in [0.25, 0.3) is 0 Å². The Balaban J connectivity index is 2.64. The highest BCUT2D eigenvalue weighted by molar-refractivity contribution is 5.28. The fourth-order valence-corrected chi connectivity index (χ4v) is 1.10. The smallest absolute Gasteiger partial charge is 0.202 e. The van der Waals surface area contributed by atoms with Gasteiger partial charge in [0.1, 0.15) is 0 Å². The quantitative estimate of drug-likeness (QED) is 0.742. The molecule has 1 aromatic heterocycles. The second-order valence-electron chi connectivity index (χ2n) is 3.71. The van der Waals surface area contributed by atoms with E-state index in [1.165, 1.54) is 0 Å². The third-order valence-electron chi connectivity index (χ3n) is 1.66. The molecule has 0 atom stereocenters. The summed E-state index contributed by atoms with van der Waals surface area (Å²) in [5.74, 6) is 1.61. The van der Waals surface area contributed by atoms with Gasteiger partial charge >= 0.3 is 0 Å². The Morgan fingerprint density at radius 3 is 2.58 bits per heavy atom. The fourth-order valence-electron chi connectivity index (χ4n) is 1.10. The standard InChI is InChI=1S/C9H17N3/c1-7(2)5-8-6-10-9(11-8)12(3)4/h6-7H,5H2,1-4H3,(H,10,11). The summed E-state index contributed by atoms with van der Waals surface area (Å²) in [6, 6.07) is 0. The molecule has 12 heavy (non-hydrogen) atoms. The highest BCUT2D eigenvalue weighted by atomic mass is 15.2. The van der Waals surface area contributed by atoms with Crippen LogP contribution < -0.4 is 4.90 Å². The first-order valence-electron chi connectivity index (χ1n) is 4.31. The summed E-state index contributed by atoms with van der Waals surface area (Å²) in [6.45, 7) is 4.40. The number of rotatable bonds is 3. The molecule has 0 fully saturated rings. The van der Waals surface area contributed by atoms with Crippen LogP contribution >= 0.6 is 0 Å². The molecule has 0 aliphatic carbocycles. The van der Waals surface area contributed by atoms with Gasteiger partial charge in [-0.2, -0.15) is 0 Å². The van der Waals surface area contributed by atoms with Crippen molar-refractivity contribution < 1.29 is 0 Å². The molecule has 68 valence electrons. The Morgan fingerprint density at radius 2 is 2.17 bits per heavy atom. The molecule has 0 aliphatic heterocycles. The highest BCUT2D eigenvalue weighted by Gasteiger charge is 2.03. The molecule has 0 saturated carbocycles. The molecule has 0 amide bonds. The van der Waals surface area contributed by atoms with Crippen molar-refractivity contribution in [3.8, 4) is 0 Å². The third kappa shape index (κ3) is 2.26. The maximum absolute atomic E-state index is 4.42. The predicted molar refractivity (Wildman–Crippen MR) is 51.5 cm³/mol. The van der Waals surface area contributed by atoms with Crippen LogP contribution in [-0.4, -0.2) is 24.1 Å². The third-order valence-corrected chi connectivity index (χ3v) is 1.66. The zero-order valence-electron chi connectivity index (χ0n) is 8.26. The number of hydrogen-bond acceptors (Lipinski definition) is 2. The second kappa shape index (κ2) is 3.61. The lowest BCUT2D eigenvalue weighted by Crippen LogP contribution is -2.10. The molecule has 0 radical (unpaired) electrons. The van der Waals surface area contributed by atoms with E-state index in [1.54, 1.807) is 0 Å². The average Bonchev–Trinajstić information content (AvgIpc) is 2.34. The van der Waals surface area contributed by atoms with E-state index in [0.717, 1.165) is 18.1 Å². The maximum atomic E-state index is 4.42. The van der Waals surface area contributed by atoms with E-state index >= 15 is 0 Å². The Morgan fingerprint density at radius 1 is 1.50 bits per heavy atom. The van der Waals surface area contributed by atoms with Crippen molar-refractivity contribution in [2.75, 3.05) is 19.0 Å². The monoisotopic (exact) mass is 167 g/mol. The number of aromatic nitrogens is 2. The summed E-state index contributed by atoms with van der Waals surface area (Å²) in [6.07, 6.45) is 3.03. The molecule has 0 saturated heterocycles. The number of anilines is 1. The van der Waals surface area contributed by atoms with Crippen LogP contribution in [0.4, 0.5) is 5.95 Å². The van der Waals surface area contributed by atoms with Gasteiger partial charge in [0.2, 0.25) is 5.95 Å². The van der Waals surface area contributed by atoms with Crippen LogP contribution in [0.25, 0.3) is 0 Å². The Kier molecular flexibility index (Phi) is 2.74. The van der Waals surface area contributed by atoms with E-state index in [-0.39, 0.29) is 0 Å².